The second-order valence-corrected chi connectivity index (χ2v) is 7.05. The molecule has 120 valence electrons. The summed E-state index contributed by atoms with van der Waals surface area (Å²) in [5, 5.41) is 3.48. The molecule has 0 aliphatic carbocycles. The molecule has 1 N–H and O–H groups in total. The van der Waals surface area contributed by atoms with Crippen LogP contribution in [-0.2, 0) is 6.54 Å². The van der Waals surface area contributed by atoms with Crippen molar-refractivity contribution in [2.75, 3.05) is 26.2 Å². The Kier molecular flexibility index (Phi) is 4.45. The van der Waals surface area contributed by atoms with Gasteiger partial charge in [-0.1, -0.05) is 54.6 Å². The van der Waals surface area contributed by atoms with E-state index in [-0.39, 0.29) is 0 Å². The largest absolute Gasteiger partial charge is 0.317 e. The van der Waals surface area contributed by atoms with E-state index in [1.54, 1.807) is 0 Å². The van der Waals surface area contributed by atoms with Gasteiger partial charge in [0.2, 0.25) is 0 Å². The summed E-state index contributed by atoms with van der Waals surface area (Å²) in [5.41, 5.74) is 4.50. The van der Waals surface area contributed by atoms with Crippen LogP contribution >= 0.6 is 0 Å². The van der Waals surface area contributed by atoms with Crippen molar-refractivity contribution in [1.29, 1.82) is 0 Å². The molecule has 1 fully saturated rings. The molecule has 2 aliphatic rings. The number of hydrogen-bond donors (Lipinski definition) is 1. The first-order chi connectivity index (χ1) is 11.4. The number of benzene rings is 2. The Morgan fingerprint density at radius 1 is 0.913 bits per heavy atom. The van der Waals surface area contributed by atoms with E-state index >= 15 is 0 Å². The number of nitrogens with one attached hydrogen (secondary N) is 1. The van der Waals surface area contributed by atoms with Gasteiger partial charge in [-0.05, 0) is 48.5 Å². The lowest BCUT2D eigenvalue weighted by molar-refractivity contribution is 0.183. The van der Waals surface area contributed by atoms with Gasteiger partial charge in [0, 0.05) is 25.6 Å². The van der Waals surface area contributed by atoms with E-state index in [2.05, 4.69) is 64.8 Å². The van der Waals surface area contributed by atoms with Crippen molar-refractivity contribution in [2.24, 2.45) is 5.92 Å². The molecule has 23 heavy (non-hydrogen) atoms. The van der Waals surface area contributed by atoms with Gasteiger partial charge in [-0.25, -0.2) is 0 Å². The Hall–Kier alpha value is -1.64. The monoisotopic (exact) mass is 306 g/mol. The van der Waals surface area contributed by atoms with Crippen molar-refractivity contribution in [1.82, 2.24) is 10.2 Å². The standard InChI is InChI=1S/C21H26N2/c1-2-6-18(7-3-1)21-16-23(14-17-10-12-22-13-11-17)15-19-8-4-5-9-20(19)21/h1-9,17,21-22H,10-16H2. The molecule has 0 radical (unpaired) electrons. The topological polar surface area (TPSA) is 15.3 Å². The summed E-state index contributed by atoms with van der Waals surface area (Å²) in [6.07, 6.45) is 2.66. The third-order valence-corrected chi connectivity index (χ3v) is 5.44. The summed E-state index contributed by atoms with van der Waals surface area (Å²) in [4.78, 5) is 2.69. The van der Waals surface area contributed by atoms with E-state index in [4.69, 9.17) is 0 Å². The van der Waals surface area contributed by atoms with Gasteiger partial charge in [-0.15, -0.1) is 0 Å². The van der Waals surface area contributed by atoms with Gasteiger partial charge in [0.25, 0.3) is 0 Å². The lowest BCUT2D eigenvalue weighted by Crippen LogP contribution is -2.40. The fraction of sp³-hybridized carbons (Fsp3) is 0.429. The van der Waals surface area contributed by atoms with Crippen molar-refractivity contribution in [3.05, 3.63) is 71.3 Å². The molecular formula is C21H26N2. The van der Waals surface area contributed by atoms with Gasteiger partial charge in [0.05, 0.1) is 0 Å². The predicted octanol–water partition coefficient (Wildman–Crippen LogP) is 3.63. The highest BCUT2D eigenvalue weighted by Crippen LogP contribution is 2.34. The zero-order chi connectivity index (χ0) is 15.5. The summed E-state index contributed by atoms with van der Waals surface area (Å²) >= 11 is 0. The van der Waals surface area contributed by atoms with Gasteiger partial charge in [0.1, 0.15) is 0 Å². The van der Waals surface area contributed by atoms with Crippen LogP contribution in [0.4, 0.5) is 0 Å². The number of fused-ring (bicyclic) bond motifs is 1. The van der Waals surface area contributed by atoms with Gasteiger partial charge >= 0.3 is 0 Å². The van der Waals surface area contributed by atoms with Crippen LogP contribution in [0.2, 0.25) is 0 Å². The second-order valence-electron chi connectivity index (χ2n) is 7.05. The Labute approximate surface area is 139 Å². The number of nitrogens with zero attached hydrogens (tertiary/aromatic N) is 1. The second kappa shape index (κ2) is 6.86. The molecule has 2 nitrogen and oxygen atoms in total. The molecule has 2 heteroatoms. The fourth-order valence-corrected chi connectivity index (χ4v) is 4.22. The SMILES string of the molecule is c1ccc(C2CN(CC3CCNCC3)Cc3ccccc32)cc1. The predicted molar refractivity (Wildman–Crippen MR) is 95.6 cm³/mol. The van der Waals surface area contributed by atoms with Gasteiger partial charge in [0.15, 0.2) is 0 Å². The van der Waals surface area contributed by atoms with Crippen molar-refractivity contribution >= 4 is 0 Å². The Morgan fingerprint density at radius 3 is 2.48 bits per heavy atom. The molecule has 1 saturated heterocycles. The van der Waals surface area contributed by atoms with Crippen LogP contribution in [0.5, 0.6) is 0 Å². The highest BCUT2D eigenvalue weighted by atomic mass is 15.1. The maximum atomic E-state index is 3.48. The number of hydrogen-bond acceptors (Lipinski definition) is 2. The van der Waals surface area contributed by atoms with E-state index in [1.807, 2.05) is 0 Å². The molecule has 2 heterocycles. The molecule has 2 aromatic rings. The van der Waals surface area contributed by atoms with E-state index in [9.17, 15) is 0 Å². The Bertz CT molecular complexity index is 631. The molecule has 0 spiro atoms. The quantitative estimate of drug-likeness (QED) is 0.931. The van der Waals surface area contributed by atoms with Crippen LogP contribution in [0.25, 0.3) is 0 Å². The zero-order valence-corrected chi connectivity index (χ0v) is 13.7. The van der Waals surface area contributed by atoms with Crippen LogP contribution in [0.15, 0.2) is 54.6 Å². The van der Waals surface area contributed by atoms with Crippen molar-refractivity contribution < 1.29 is 0 Å². The molecule has 0 amide bonds. The minimum absolute atomic E-state index is 0.517. The average Bonchev–Trinajstić information content (AvgIpc) is 2.63. The van der Waals surface area contributed by atoms with E-state index in [0.29, 0.717) is 5.92 Å². The molecule has 1 atom stereocenters. The minimum atomic E-state index is 0.517. The third-order valence-electron chi connectivity index (χ3n) is 5.44. The highest BCUT2D eigenvalue weighted by Gasteiger charge is 2.27. The molecule has 2 aliphatic heterocycles. The summed E-state index contributed by atoms with van der Waals surface area (Å²) < 4.78 is 0. The first-order valence-corrected chi connectivity index (χ1v) is 8.96. The third kappa shape index (κ3) is 3.34. The molecule has 0 saturated carbocycles. The molecule has 4 rings (SSSR count). The molecule has 2 aromatic carbocycles. The normalized spacial score (nSPS) is 22.7. The lowest BCUT2D eigenvalue weighted by atomic mass is 9.84. The smallest absolute Gasteiger partial charge is 0.0237 e. The number of rotatable bonds is 3. The first-order valence-electron chi connectivity index (χ1n) is 8.96. The van der Waals surface area contributed by atoms with E-state index in [0.717, 1.165) is 19.0 Å². The summed E-state index contributed by atoms with van der Waals surface area (Å²) in [7, 11) is 0. The fourth-order valence-electron chi connectivity index (χ4n) is 4.22. The maximum Gasteiger partial charge on any atom is 0.0237 e. The van der Waals surface area contributed by atoms with Crippen LogP contribution in [0.3, 0.4) is 0 Å². The summed E-state index contributed by atoms with van der Waals surface area (Å²) in [5.74, 6) is 1.38. The van der Waals surface area contributed by atoms with E-state index < -0.39 is 0 Å². The maximum absolute atomic E-state index is 3.48. The van der Waals surface area contributed by atoms with Crippen molar-refractivity contribution in [2.45, 2.75) is 25.3 Å². The van der Waals surface area contributed by atoms with Gasteiger partial charge in [-0.3, -0.25) is 4.90 Å². The van der Waals surface area contributed by atoms with Crippen LogP contribution < -0.4 is 5.32 Å². The van der Waals surface area contributed by atoms with Crippen LogP contribution in [-0.4, -0.2) is 31.1 Å². The van der Waals surface area contributed by atoms with Crippen molar-refractivity contribution in [3.63, 3.8) is 0 Å². The minimum Gasteiger partial charge on any atom is -0.317 e. The van der Waals surface area contributed by atoms with Gasteiger partial charge in [-0.2, -0.15) is 0 Å². The van der Waals surface area contributed by atoms with Crippen molar-refractivity contribution in [3.8, 4) is 0 Å². The number of piperidine rings is 1. The zero-order valence-electron chi connectivity index (χ0n) is 13.7. The first kappa shape index (κ1) is 14.9. The molecule has 1 unspecified atom stereocenters. The molecular weight excluding hydrogens is 280 g/mol. The van der Waals surface area contributed by atoms with Gasteiger partial charge < -0.3 is 5.32 Å². The average molecular weight is 306 g/mol. The molecule has 0 aromatic heterocycles. The van der Waals surface area contributed by atoms with Crippen LogP contribution in [0, 0.1) is 5.92 Å². The Morgan fingerprint density at radius 2 is 1.65 bits per heavy atom. The highest BCUT2D eigenvalue weighted by molar-refractivity contribution is 5.40. The van der Waals surface area contributed by atoms with E-state index in [1.165, 1.54) is 49.2 Å². The molecule has 0 bridgehead atoms. The summed E-state index contributed by atoms with van der Waals surface area (Å²) in [6.45, 7) is 5.90. The lowest BCUT2D eigenvalue weighted by Gasteiger charge is -2.37. The summed E-state index contributed by atoms with van der Waals surface area (Å²) in [6, 6.07) is 20.1. The van der Waals surface area contributed by atoms with Crippen LogP contribution in [0.1, 0.15) is 35.4 Å². The Balaban J connectivity index is 1.58.